The summed E-state index contributed by atoms with van der Waals surface area (Å²) in [6, 6.07) is 4.60. The van der Waals surface area contributed by atoms with Gasteiger partial charge in [-0.05, 0) is 51.8 Å². The summed E-state index contributed by atoms with van der Waals surface area (Å²) in [6.45, 7) is 8.73. The van der Waals surface area contributed by atoms with Crippen LogP contribution in [0.4, 0.5) is 0 Å². The minimum absolute atomic E-state index is 0.0644. The minimum Gasteiger partial charge on any atom is -0.351 e. The van der Waals surface area contributed by atoms with Gasteiger partial charge in [0.1, 0.15) is 0 Å². The van der Waals surface area contributed by atoms with Gasteiger partial charge in [0.25, 0.3) is 0 Å². The summed E-state index contributed by atoms with van der Waals surface area (Å²) < 4.78 is 4.26. The third-order valence-electron chi connectivity index (χ3n) is 2.99. The first-order valence-corrected chi connectivity index (χ1v) is 6.13. The third kappa shape index (κ3) is 2.78. The first-order chi connectivity index (χ1) is 7.97. The topological polar surface area (TPSA) is 22.8 Å². The van der Waals surface area contributed by atoms with E-state index in [2.05, 4.69) is 68.1 Å². The second-order valence-electron chi connectivity index (χ2n) is 5.65. The van der Waals surface area contributed by atoms with Crippen molar-refractivity contribution in [1.29, 1.82) is 0 Å². The molecule has 1 atom stereocenters. The van der Waals surface area contributed by atoms with Crippen LogP contribution in [0, 0.1) is 0 Å². The lowest BCUT2D eigenvalue weighted by Gasteiger charge is -2.19. The number of rotatable bonds is 3. The lowest BCUT2D eigenvalue weighted by atomic mass is 10.1. The molecule has 0 saturated heterocycles. The zero-order valence-electron chi connectivity index (χ0n) is 11.1. The molecule has 0 aliphatic rings. The SMILES string of the molecule is CC(Cc1cnn(C(C)(C)C)c1)n1cccc1. The van der Waals surface area contributed by atoms with Crippen LogP contribution in [-0.4, -0.2) is 14.3 Å². The molecular weight excluding hydrogens is 210 g/mol. The highest BCUT2D eigenvalue weighted by Gasteiger charge is 2.14. The van der Waals surface area contributed by atoms with Crippen LogP contribution < -0.4 is 0 Å². The predicted molar refractivity (Wildman–Crippen MR) is 70.1 cm³/mol. The van der Waals surface area contributed by atoms with E-state index in [1.165, 1.54) is 5.56 Å². The normalized spacial score (nSPS) is 13.9. The molecule has 0 saturated carbocycles. The van der Waals surface area contributed by atoms with Crippen molar-refractivity contribution in [2.75, 3.05) is 0 Å². The molecule has 2 rings (SSSR count). The van der Waals surface area contributed by atoms with Gasteiger partial charge in [0.05, 0.1) is 11.7 Å². The van der Waals surface area contributed by atoms with E-state index in [9.17, 15) is 0 Å². The first kappa shape index (κ1) is 12.0. The zero-order chi connectivity index (χ0) is 12.5. The fourth-order valence-electron chi connectivity index (χ4n) is 1.92. The average molecular weight is 231 g/mol. The van der Waals surface area contributed by atoms with Gasteiger partial charge < -0.3 is 4.57 Å². The lowest BCUT2D eigenvalue weighted by molar-refractivity contribution is 0.355. The first-order valence-electron chi connectivity index (χ1n) is 6.13. The maximum absolute atomic E-state index is 4.43. The van der Waals surface area contributed by atoms with Gasteiger partial charge in [-0.2, -0.15) is 5.10 Å². The summed E-state index contributed by atoms with van der Waals surface area (Å²) in [6.07, 6.45) is 9.37. The van der Waals surface area contributed by atoms with Crippen LogP contribution in [-0.2, 0) is 12.0 Å². The predicted octanol–water partition coefficient (Wildman–Crippen LogP) is 3.24. The highest BCUT2D eigenvalue weighted by atomic mass is 15.3. The van der Waals surface area contributed by atoms with Crippen molar-refractivity contribution in [2.24, 2.45) is 0 Å². The molecule has 0 bridgehead atoms. The molecule has 2 heterocycles. The maximum atomic E-state index is 4.43. The molecule has 3 nitrogen and oxygen atoms in total. The lowest BCUT2D eigenvalue weighted by Crippen LogP contribution is -2.22. The summed E-state index contributed by atoms with van der Waals surface area (Å²) in [5.74, 6) is 0. The molecule has 0 aliphatic carbocycles. The van der Waals surface area contributed by atoms with E-state index in [0.717, 1.165) is 6.42 Å². The Morgan fingerprint density at radius 1 is 1.24 bits per heavy atom. The number of aromatic nitrogens is 3. The Bertz CT molecular complexity index is 460. The van der Waals surface area contributed by atoms with Gasteiger partial charge in [0.2, 0.25) is 0 Å². The fraction of sp³-hybridized carbons (Fsp3) is 0.500. The van der Waals surface area contributed by atoms with Crippen molar-refractivity contribution in [1.82, 2.24) is 14.3 Å². The Morgan fingerprint density at radius 3 is 2.41 bits per heavy atom. The second kappa shape index (κ2) is 4.40. The molecule has 1 unspecified atom stereocenters. The summed E-state index contributed by atoms with van der Waals surface area (Å²) >= 11 is 0. The highest BCUT2D eigenvalue weighted by molar-refractivity contribution is 5.07. The van der Waals surface area contributed by atoms with E-state index in [0.29, 0.717) is 6.04 Å². The second-order valence-corrected chi connectivity index (χ2v) is 5.65. The van der Waals surface area contributed by atoms with Crippen molar-refractivity contribution in [2.45, 2.75) is 45.7 Å². The molecule has 0 radical (unpaired) electrons. The molecule has 92 valence electrons. The minimum atomic E-state index is 0.0644. The van der Waals surface area contributed by atoms with Crippen LogP contribution in [0.2, 0.25) is 0 Å². The Kier molecular flexibility index (Phi) is 3.09. The Balaban J connectivity index is 2.07. The smallest absolute Gasteiger partial charge is 0.0543 e. The molecule has 0 aromatic carbocycles. The van der Waals surface area contributed by atoms with E-state index in [4.69, 9.17) is 0 Å². The molecular formula is C14H21N3. The van der Waals surface area contributed by atoms with Gasteiger partial charge in [0, 0.05) is 24.6 Å². The van der Waals surface area contributed by atoms with Crippen molar-refractivity contribution in [3.8, 4) is 0 Å². The molecule has 17 heavy (non-hydrogen) atoms. The van der Waals surface area contributed by atoms with E-state index >= 15 is 0 Å². The fourth-order valence-corrected chi connectivity index (χ4v) is 1.92. The molecule has 3 heteroatoms. The van der Waals surface area contributed by atoms with Crippen LogP contribution in [0.25, 0.3) is 0 Å². The van der Waals surface area contributed by atoms with Crippen LogP contribution in [0.3, 0.4) is 0 Å². The van der Waals surface area contributed by atoms with Gasteiger partial charge in [0.15, 0.2) is 0 Å². The molecule has 0 amide bonds. The highest BCUT2D eigenvalue weighted by Crippen LogP contribution is 2.17. The van der Waals surface area contributed by atoms with Crippen LogP contribution >= 0.6 is 0 Å². The molecule has 0 N–H and O–H groups in total. The van der Waals surface area contributed by atoms with Crippen LogP contribution in [0.1, 0.15) is 39.3 Å². The van der Waals surface area contributed by atoms with Crippen molar-refractivity contribution >= 4 is 0 Å². The number of hydrogen-bond donors (Lipinski definition) is 0. The quantitative estimate of drug-likeness (QED) is 0.795. The molecule has 0 fully saturated rings. The largest absolute Gasteiger partial charge is 0.351 e. The van der Waals surface area contributed by atoms with E-state index in [1.54, 1.807) is 0 Å². The molecule has 0 aliphatic heterocycles. The molecule has 2 aromatic rings. The number of hydrogen-bond acceptors (Lipinski definition) is 1. The van der Waals surface area contributed by atoms with E-state index in [-0.39, 0.29) is 5.54 Å². The Labute approximate surface area is 103 Å². The summed E-state index contributed by atoms with van der Waals surface area (Å²) in [4.78, 5) is 0. The summed E-state index contributed by atoms with van der Waals surface area (Å²) in [7, 11) is 0. The third-order valence-corrected chi connectivity index (χ3v) is 2.99. The Hall–Kier alpha value is -1.51. The molecule has 2 aromatic heterocycles. The van der Waals surface area contributed by atoms with Crippen molar-refractivity contribution < 1.29 is 0 Å². The average Bonchev–Trinajstić information content (AvgIpc) is 2.85. The van der Waals surface area contributed by atoms with E-state index in [1.807, 2.05) is 10.9 Å². The van der Waals surface area contributed by atoms with Gasteiger partial charge in [-0.25, -0.2) is 0 Å². The number of nitrogens with zero attached hydrogens (tertiary/aromatic N) is 3. The zero-order valence-corrected chi connectivity index (χ0v) is 11.1. The van der Waals surface area contributed by atoms with Gasteiger partial charge >= 0.3 is 0 Å². The van der Waals surface area contributed by atoms with Crippen molar-refractivity contribution in [3.63, 3.8) is 0 Å². The maximum Gasteiger partial charge on any atom is 0.0543 e. The summed E-state index contributed by atoms with van der Waals surface area (Å²) in [5, 5.41) is 4.43. The Morgan fingerprint density at radius 2 is 1.88 bits per heavy atom. The standard InChI is InChI=1S/C14H21N3/c1-12(16-7-5-6-8-16)9-13-10-15-17(11-13)14(2,3)4/h5-8,10-12H,9H2,1-4H3. The van der Waals surface area contributed by atoms with Gasteiger partial charge in [-0.15, -0.1) is 0 Å². The van der Waals surface area contributed by atoms with Gasteiger partial charge in [-0.1, -0.05) is 0 Å². The van der Waals surface area contributed by atoms with Crippen LogP contribution in [0.15, 0.2) is 36.9 Å². The van der Waals surface area contributed by atoms with E-state index < -0.39 is 0 Å². The van der Waals surface area contributed by atoms with Crippen LogP contribution in [0.5, 0.6) is 0 Å². The molecule has 0 spiro atoms. The monoisotopic (exact) mass is 231 g/mol. The van der Waals surface area contributed by atoms with Gasteiger partial charge in [-0.3, -0.25) is 4.68 Å². The summed E-state index contributed by atoms with van der Waals surface area (Å²) in [5.41, 5.74) is 1.36. The van der Waals surface area contributed by atoms with Crippen molar-refractivity contribution in [3.05, 3.63) is 42.5 Å².